The van der Waals surface area contributed by atoms with Gasteiger partial charge in [0.25, 0.3) is 5.91 Å². The zero-order valence-corrected chi connectivity index (χ0v) is 13.3. The van der Waals surface area contributed by atoms with Crippen molar-refractivity contribution in [3.63, 3.8) is 0 Å². The predicted molar refractivity (Wildman–Crippen MR) is 88.9 cm³/mol. The molecule has 126 valence electrons. The lowest BCUT2D eigenvalue weighted by Gasteiger charge is -2.16. The SMILES string of the molecule is CNC(=O)c1cccnc1NCC(Cc1ccc(F)cc1)C(N)=O. The number of primary amides is 1. The molecule has 1 aromatic heterocycles. The second-order valence-corrected chi connectivity index (χ2v) is 5.29. The summed E-state index contributed by atoms with van der Waals surface area (Å²) in [5.74, 6) is -1.24. The van der Waals surface area contributed by atoms with E-state index in [1.54, 1.807) is 30.5 Å². The van der Waals surface area contributed by atoms with Crippen LogP contribution >= 0.6 is 0 Å². The Bertz CT molecular complexity index is 719. The number of anilines is 1. The summed E-state index contributed by atoms with van der Waals surface area (Å²) in [6, 6.07) is 9.18. The molecule has 0 radical (unpaired) electrons. The van der Waals surface area contributed by atoms with Crippen molar-refractivity contribution in [1.82, 2.24) is 10.3 Å². The minimum atomic E-state index is -0.519. The lowest BCUT2D eigenvalue weighted by molar-refractivity contribution is -0.121. The number of nitrogens with one attached hydrogen (secondary N) is 2. The van der Waals surface area contributed by atoms with Gasteiger partial charge in [-0.15, -0.1) is 0 Å². The van der Waals surface area contributed by atoms with Crippen molar-refractivity contribution in [2.45, 2.75) is 6.42 Å². The van der Waals surface area contributed by atoms with Crippen LogP contribution in [0.4, 0.5) is 10.2 Å². The molecule has 2 rings (SSSR count). The van der Waals surface area contributed by atoms with Gasteiger partial charge >= 0.3 is 0 Å². The topological polar surface area (TPSA) is 97.1 Å². The number of aromatic nitrogens is 1. The maximum Gasteiger partial charge on any atom is 0.254 e. The number of pyridine rings is 1. The van der Waals surface area contributed by atoms with Gasteiger partial charge in [-0.25, -0.2) is 9.37 Å². The van der Waals surface area contributed by atoms with Crippen LogP contribution in [-0.4, -0.2) is 30.4 Å². The van der Waals surface area contributed by atoms with Crippen LogP contribution in [0.15, 0.2) is 42.6 Å². The Morgan fingerprint density at radius 3 is 2.58 bits per heavy atom. The first kappa shape index (κ1) is 17.4. The molecule has 0 aliphatic heterocycles. The Kier molecular flexibility index (Phi) is 5.83. The molecule has 6 nitrogen and oxygen atoms in total. The van der Waals surface area contributed by atoms with Gasteiger partial charge in [0.05, 0.1) is 11.5 Å². The Morgan fingerprint density at radius 1 is 1.25 bits per heavy atom. The van der Waals surface area contributed by atoms with E-state index >= 15 is 0 Å². The summed E-state index contributed by atoms with van der Waals surface area (Å²) >= 11 is 0. The number of nitrogens with zero attached hydrogens (tertiary/aromatic N) is 1. The van der Waals surface area contributed by atoms with Crippen LogP contribution in [0.25, 0.3) is 0 Å². The summed E-state index contributed by atoms with van der Waals surface area (Å²) in [5, 5.41) is 5.53. The maximum absolute atomic E-state index is 13.0. The third-order valence-electron chi connectivity index (χ3n) is 3.59. The molecule has 0 aliphatic rings. The number of amides is 2. The van der Waals surface area contributed by atoms with Gasteiger partial charge in [0.2, 0.25) is 5.91 Å². The van der Waals surface area contributed by atoms with Crippen LogP contribution in [0, 0.1) is 11.7 Å². The van der Waals surface area contributed by atoms with E-state index in [9.17, 15) is 14.0 Å². The number of hydrogen-bond acceptors (Lipinski definition) is 4. The first-order valence-corrected chi connectivity index (χ1v) is 7.46. The van der Waals surface area contributed by atoms with Crippen LogP contribution < -0.4 is 16.4 Å². The van der Waals surface area contributed by atoms with Crippen LogP contribution in [0.5, 0.6) is 0 Å². The number of halogens is 1. The van der Waals surface area contributed by atoms with Gasteiger partial charge in [-0.05, 0) is 36.2 Å². The molecule has 1 unspecified atom stereocenters. The molecule has 0 spiro atoms. The summed E-state index contributed by atoms with van der Waals surface area (Å²) < 4.78 is 13.0. The highest BCUT2D eigenvalue weighted by atomic mass is 19.1. The number of carbonyl (C=O) groups is 2. The first-order chi connectivity index (χ1) is 11.5. The molecule has 2 amide bonds. The molecule has 1 atom stereocenters. The Hall–Kier alpha value is -2.96. The normalized spacial score (nSPS) is 11.6. The van der Waals surface area contributed by atoms with Gasteiger partial charge in [0.1, 0.15) is 11.6 Å². The predicted octanol–water partition coefficient (Wildman–Crippen LogP) is 1.34. The number of nitrogens with two attached hydrogens (primary N) is 1. The molecule has 0 saturated heterocycles. The number of benzene rings is 1. The van der Waals surface area contributed by atoms with Gasteiger partial charge in [0, 0.05) is 19.8 Å². The van der Waals surface area contributed by atoms with Crippen molar-refractivity contribution < 1.29 is 14.0 Å². The Balaban J connectivity index is 2.08. The smallest absolute Gasteiger partial charge is 0.254 e. The van der Waals surface area contributed by atoms with Gasteiger partial charge in [-0.1, -0.05) is 12.1 Å². The first-order valence-electron chi connectivity index (χ1n) is 7.46. The van der Waals surface area contributed by atoms with Crippen LogP contribution in [0.3, 0.4) is 0 Å². The van der Waals surface area contributed by atoms with Gasteiger partial charge in [-0.2, -0.15) is 0 Å². The molecule has 24 heavy (non-hydrogen) atoms. The maximum atomic E-state index is 13.0. The van der Waals surface area contributed by atoms with E-state index in [0.29, 0.717) is 17.8 Å². The summed E-state index contributed by atoms with van der Waals surface area (Å²) in [6.07, 6.45) is 1.92. The van der Waals surface area contributed by atoms with Crippen molar-refractivity contribution in [2.75, 3.05) is 18.9 Å². The van der Waals surface area contributed by atoms with Crippen molar-refractivity contribution in [2.24, 2.45) is 11.7 Å². The molecular formula is C17H19FN4O2. The van der Waals surface area contributed by atoms with Crippen molar-refractivity contribution >= 4 is 17.6 Å². The minimum Gasteiger partial charge on any atom is -0.369 e. The third-order valence-corrected chi connectivity index (χ3v) is 3.59. The highest BCUT2D eigenvalue weighted by Gasteiger charge is 2.18. The van der Waals surface area contributed by atoms with E-state index in [0.717, 1.165) is 5.56 Å². The summed E-state index contributed by atoms with van der Waals surface area (Å²) in [6.45, 7) is 0.216. The zero-order chi connectivity index (χ0) is 17.5. The van der Waals surface area contributed by atoms with E-state index in [4.69, 9.17) is 5.73 Å². The van der Waals surface area contributed by atoms with E-state index in [2.05, 4.69) is 15.6 Å². The molecular weight excluding hydrogens is 311 g/mol. The van der Waals surface area contributed by atoms with Gasteiger partial charge in [-0.3, -0.25) is 9.59 Å². The lowest BCUT2D eigenvalue weighted by atomic mass is 9.98. The van der Waals surface area contributed by atoms with Gasteiger partial charge in [0.15, 0.2) is 0 Å². The highest BCUT2D eigenvalue weighted by molar-refractivity contribution is 5.98. The van der Waals surface area contributed by atoms with Gasteiger partial charge < -0.3 is 16.4 Å². The average Bonchev–Trinajstić information content (AvgIpc) is 2.59. The molecule has 4 N–H and O–H groups in total. The van der Waals surface area contributed by atoms with E-state index in [-0.39, 0.29) is 18.3 Å². The fourth-order valence-corrected chi connectivity index (χ4v) is 2.26. The van der Waals surface area contributed by atoms with E-state index < -0.39 is 11.8 Å². The van der Waals surface area contributed by atoms with Crippen LogP contribution in [0.2, 0.25) is 0 Å². The molecule has 0 fully saturated rings. The van der Waals surface area contributed by atoms with Crippen LogP contribution in [-0.2, 0) is 11.2 Å². The van der Waals surface area contributed by atoms with E-state index in [1.807, 2.05) is 0 Å². The fraction of sp³-hybridized carbons (Fsp3) is 0.235. The number of carbonyl (C=O) groups excluding carboxylic acids is 2. The molecule has 2 aromatic rings. The molecule has 7 heteroatoms. The average molecular weight is 330 g/mol. The molecule has 1 heterocycles. The summed E-state index contributed by atoms with van der Waals surface area (Å²) in [7, 11) is 1.53. The lowest BCUT2D eigenvalue weighted by Crippen LogP contribution is -2.32. The molecule has 0 aliphatic carbocycles. The standard InChI is InChI=1S/C17H19FN4O2/c1-20-17(24)14-3-2-8-21-16(14)22-10-12(15(19)23)9-11-4-6-13(18)7-5-11/h2-8,12H,9-10H2,1H3,(H2,19,23)(H,20,24)(H,21,22). The quantitative estimate of drug-likeness (QED) is 0.713. The fourth-order valence-electron chi connectivity index (χ4n) is 2.26. The third kappa shape index (κ3) is 4.52. The molecule has 0 saturated carbocycles. The monoisotopic (exact) mass is 330 g/mol. The number of rotatable bonds is 7. The largest absolute Gasteiger partial charge is 0.369 e. The van der Waals surface area contributed by atoms with E-state index in [1.165, 1.54) is 19.2 Å². The highest BCUT2D eigenvalue weighted by Crippen LogP contribution is 2.14. The Morgan fingerprint density at radius 2 is 1.96 bits per heavy atom. The van der Waals surface area contributed by atoms with Crippen molar-refractivity contribution in [3.8, 4) is 0 Å². The zero-order valence-electron chi connectivity index (χ0n) is 13.3. The van der Waals surface area contributed by atoms with Crippen molar-refractivity contribution in [1.29, 1.82) is 0 Å². The van der Waals surface area contributed by atoms with Crippen molar-refractivity contribution in [3.05, 3.63) is 59.5 Å². The summed E-state index contributed by atoms with van der Waals surface area (Å²) in [4.78, 5) is 27.6. The second-order valence-electron chi connectivity index (χ2n) is 5.29. The van der Waals surface area contributed by atoms with Crippen LogP contribution in [0.1, 0.15) is 15.9 Å². The Labute approximate surface area is 139 Å². The summed E-state index contributed by atoms with van der Waals surface area (Å²) in [5.41, 5.74) is 6.63. The second kappa shape index (κ2) is 8.05. The number of hydrogen-bond donors (Lipinski definition) is 3. The molecule has 0 bridgehead atoms. The minimum absolute atomic E-state index is 0.216. The molecule has 1 aromatic carbocycles.